The zero-order valence-electron chi connectivity index (χ0n) is 11.2. The van der Waals surface area contributed by atoms with E-state index in [1.54, 1.807) is 0 Å². The minimum Gasteiger partial charge on any atom is -0.126 e. The van der Waals surface area contributed by atoms with Crippen LogP contribution in [0.2, 0.25) is 5.02 Å². The zero-order chi connectivity index (χ0) is 13.9. The van der Waals surface area contributed by atoms with Crippen LogP contribution in [0, 0.1) is 0 Å². The Morgan fingerprint density at radius 2 is 1.75 bits per heavy atom. The predicted molar refractivity (Wildman–Crippen MR) is 87.7 cm³/mol. The van der Waals surface area contributed by atoms with Crippen LogP contribution in [0.1, 0.15) is 28.7 Å². The molecule has 0 aromatic heterocycles. The molecule has 1 aliphatic rings. The lowest BCUT2D eigenvalue weighted by Gasteiger charge is -2.12. The summed E-state index contributed by atoms with van der Waals surface area (Å²) in [5, 5.41) is 0.868. The van der Waals surface area contributed by atoms with Crippen LogP contribution in [0.15, 0.2) is 48.5 Å². The van der Waals surface area contributed by atoms with E-state index >= 15 is 0 Å². The van der Waals surface area contributed by atoms with Gasteiger partial charge >= 0.3 is 0 Å². The van der Waals surface area contributed by atoms with Crippen molar-refractivity contribution >= 4 is 28.8 Å². The Morgan fingerprint density at radius 3 is 2.60 bits per heavy atom. The largest absolute Gasteiger partial charge is 0.126 e. The Hall–Kier alpha value is -1.24. The predicted octanol–water partition coefficient (Wildman–Crippen LogP) is 5.50. The number of rotatable bonds is 2. The molecular formula is C18H16Cl2. The van der Waals surface area contributed by atoms with Crippen molar-refractivity contribution in [1.29, 1.82) is 0 Å². The van der Waals surface area contributed by atoms with E-state index in [1.807, 2.05) is 12.1 Å². The molecule has 20 heavy (non-hydrogen) atoms. The zero-order valence-corrected chi connectivity index (χ0v) is 12.7. The van der Waals surface area contributed by atoms with Crippen LogP contribution in [0.4, 0.5) is 0 Å². The molecule has 0 N–H and O–H groups in total. The smallest absolute Gasteiger partial charge is 0.0444 e. The van der Waals surface area contributed by atoms with Gasteiger partial charge in [-0.25, -0.2) is 0 Å². The van der Waals surface area contributed by atoms with Gasteiger partial charge in [0.15, 0.2) is 0 Å². The van der Waals surface area contributed by atoms with E-state index in [2.05, 4.69) is 36.4 Å². The second-order valence-electron chi connectivity index (χ2n) is 5.02. The van der Waals surface area contributed by atoms with E-state index in [0.717, 1.165) is 24.3 Å². The molecule has 0 aliphatic heterocycles. The maximum absolute atomic E-state index is 6.40. The van der Waals surface area contributed by atoms with Crippen molar-refractivity contribution in [3.63, 3.8) is 0 Å². The Kier molecular flexibility index (Phi) is 4.14. The highest BCUT2D eigenvalue weighted by molar-refractivity contribution is 6.31. The van der Waals surface area contributed by atoms with Crippen LogP contribution in [0.3, 0.4) is 0 Å². The number of fused-ring (bicyclic) bond motifs is 2. The van der Waals surface area contributed by atoms with Crippen molar-refractivity contribution in [3.05, 3.63) is 75.8 Å². The Bertz CT molecular complexity index is 656. The molecule has 0 heterocycles. The molecule has 0 fully saturated rings. The second kappa shape index (κ2) is 6.03. The first-order valence-corrected chi connectivity index (χ1v) is 7.84. The van der Waals surface area contributed by atoms with E-state index in [0.29, 0.717) is 5.88 Å². The molecule has 0 spiro atoms. The maximum Gasteiger partial charge on any atom is 0.0444 e. The van der Waals surface area contributed by atoms with Gasteiger partial charge in [-0.2, -0.15) is 0 Å². The SMILES string of the molecule is ClCCC=C1c2ccccc2CCc2c(Cl)cccc21. The first-order valence-electron chi connectivity index (χ1n) is 6.93. The Morgan fingerprint density at radius 1 is 0.950 bits per heavy atom. The fourth-order valence-corrected chi connectivity index (χ4v) is 3.27. The van der Waals surface area contributed by atoms with Gasteiger partial charge in [-0.1, -0.05) is 54.1 Å². The van der Waals surface area contributed by atoms with E-state index in [-0.39, 0.29) is 0 Å². The van der Waals surface area contributed by atoms with E-state index in [1.165, 1.54) is 27.8 Å². The van der Waals surface area contributed by atoms with Crippen LogP contribution in [0.5, 0.6) is 0 Å². The molecule has 2 aromatic rings. The average molecular weight is 303 g/mol. The normalized spacial score (nSPS) is 15.6. The quantitative estimate of drug-likeness (QED) is 0.643. The van der Waals surface area contributed by atoms with Gasteiger partial charge < -0.3 is 0 Å². The third kappa shape index (κ3) is 2.51. The van der Waals surface area contributed by atoms with Gasteiger partial charge in [0.25, 0.3) is 0 Å². The maximum atomic E-state index is 6.40. The summed E-state index contributed by atoms with van der Waals surface area (Å²) in [6.45, 7) is 0. The standard InChI is InChI=1S/C18H16Cl2/c19-12-4-8-15-14-6-2-1-5-13(14)10-11-17-16(15)7-3-9-18(17)20/h1-3,5-9H,4,10-12H2. The molecule has 0 bridgehead atoms. The van der Waals surface area contributed by atoms with Crippen LogP contribution >= 0.6 is 23.2 Å². The van der Waals surface area contributed by atoms with Crippen molar-refractivity contribution in [3.8, 4) is 0 Å². The summed E-state index contributed by atoms with van der Waals surface area (Å²) in [7, 11) is 0. The van der Waals surface area contributed by atoms with Gasteiger partial charge in [0.05, 0.1) is 0 Å². The lowest BCUT2D eigenvalue weighted by molar-refractivity contribution is 0.965. The third-order valence-electron chi connectivity index (χ3n) is 3.82. The molecule has 0 unspecified atom stereocenters. The molecule has 0 amide bonds. The number of aryl methyl sites for hydroxylation is 1. The molecule has 102 valence electrons. The number of hydrogen-bond acceptors (Lipinski definition) is 0. The summed E-state index contributed by atoms with van der Waals surface area (Å²) in [5.74, 6) is 0.640. The van der Waals surface area contributed by atoms with Crippen molar-refractivity contribution in [2.45, 2.75) is 19.3 Å². The first-order chi connectivity index (χ1) is 9.81. The fourth-order valence-electron chi connectivity index (χ4n) is 2.89. The summed E-state index contributed by atoms with van der Waals surface area (Å²) in [4.78, 5) is 0. The molecule has 0 atom stereocenters. The minimum absolute atomic E-state index is 0.640. The van der Waals surface area contributed by atoms with Gasteiger partial charge in [-0.05, 0) is 53.2 Å². The molecule has 0 nitrogen and oxygen atoms in total. The monoisotopic (exact) mass is 302 g/mol. The lowest BCUT2D eigenvalue weighted by Crippen LogP contribution is -1.93. The van der Waals surface area contributed by atoms with Gasteiger partial charge in [0, 0.05) is 10.9 Å². The number of allylic oxidation sites excluding steroid dienone is 1. The highest BCUT2D eigenvalue weighted by Gasteiger charge is 2.18. The summed E-state index contributed by atoms with van der Waals surface area (Å²) < 4.78 is 0. The molecular weight excluding hydrogens is 287 g/mol. The van der Waals surface area contributed by atoms with Crippen LogP contribution in [-0.2, 0) is 12.8 Å². The fraction of sp³-hybridized carbons (Fsp3) is 0.222. The molecule has 2 aromatic carbocycles. The van der Waals surface area contributed by atoms with E-state index in [4.69, 9.17) is 23.2 Å². The Labute approximate surface area is 130 Å². The summed E-state index contributed by atoms with van der Waals surface area (Å²) in [6, 6.07) is 14.8. The van der Waals surface area contributed by atoms with Gasteiger partial charge in [-0.15, -0.1) is 11.6 Å². The third-order valence-corrected chi connectivity index (χ3v) is 4.39. The molecule has 0 saturated carbocycles. The highest BCUT2D eigenvalue weighted by atomic mass is 35.5. The van der Waals surface area contributed by atoms with Crippen molar-refractivity contribution in [1.82, 2.24) is 0 Å². The van der Waals surface area contributed by atoms with Crippen LogP contribution < -0.4 is 0 Å². The van der Waals surface area contributed by atoms with Gasteiger partial charge in [-0.3, -0.25) is 0 Å². The van der Waals surface area contributed by atoms with E-state index < -0.39 is 0 Å². The Balaban J connectivity index is 2.23. The topological polar surface area (TPSA) is 0 Å². The molecule has 1 aliphatic carbocycles. The highest BCUT2D eigenvalue weighted by Crippen LogP contribution is 2.36. The second-order valence-corrected chi connectivity index (χ2v) is 5.80. The minimum atomic E-state index is 0.640. The van der Waals surface area contributed by atoms with Gasteiger partial charge in [0.2, 0.25) is 0 Å². The number of halogens is 2. The van der Waals surface area contributed by atoms with Crippen molar-refractivity contribution < 1.29 is 0 Å². The van der Waals surface area contributed by atoms with E-state index in [9.17, 15) is 0 Å². The van der Waals surface area contributed by atoms with Crippen molar-refractivity contribution in [2.75, 3.05) is 5.88 Å². The summed E-state index contributed by atoms with van der Waals surface area (Å²) in [6.07, 6.45) is 5.14. The number of benzene rings is 2. The summed E-state index contributed by atoms with van der Waals surface area (Å²) in [5.41, 5.74) is 6.49. The lowest BCUT2D eigenvalue weighted by atomic mass is 9.93. The molecule has 2 heteroatoms. The van der Waals surface area contributed by atoms with Gasteiger partial charge in [0.1, 0.15) is 0 Å². The van der Waals surface area contributed by atoms with Crippen LogP contribution in [-0.4, -0.2) is 5.88 Å². The first kappa shape index (κ1) is 13.7. The number of alkyl halides is 1. The number of hydrogen-bond donors (Lipinski definition) is 0. The molecule has 0 saturated heterocycles. The molecule has 3 rings (SSSR count). The average Bonchev–Trinajstić information content (AvgIpc) is 2.63. The summed E-state index contributed by atoms with van der Waals surface area (Å²) >= 11 is 12.3. The molecule has 0 radical (unpaired) electrons. The van der Waals surface area contributed by atoms with Crippen molar-refractivity contribution in [2.24, 2.45) is 0 Å². The van der Waals surface area contributed by atoms with Crippen LogP contribution in [0.25, 0.3) is 5.57 Å².